The van der Waals surface area contributed by atoms with Gasteiger partial charge in [0.2, 0.25) is 0 Å². The van der Waals surface area contributed by atoms with Crippen molar-refractivity contribution < 1.29 is 5.11 Å². The molecular weight excluding hydrogens is 390 g/mol. The number of imidazole rings is 1. The number of rotatable bonds is 5. The molecule has 4 atom stereocenters. The molecular formula is C23H27N7O. The zero-order valence-corrected chi connectivity index (χ0v) is 17.4. The Bertz CT molecular complexity index is 1130. The lowest BCUT2D eigenvalue weighted by Crippen LogP contribution is -2.36. The minimum absolute atomic E-state index is 0.149. The van der Waals surface area contributed by atoms with Crippen LogP contribution in [0.4, 0.5) is 5.82 Å². The van der Waals surface area contributed by atoms with E-state index >= 15 is 0 Å². The maximum Gasteiger partial charge on any atom is 0.150 e. The van der Waals surface area contributed by atoms with E-state index < -0.39 is 6.23 Å². The predicted octanol–water partition coefficient (Wildman–Crippen LogP) is 2.59. The average molecular weight is 418 g/mol. The second-order valence-electron chi connectivity index (χ2n) is 8.18. The van der Waals surface area contributed by atoms with Gasteiger partial charge in [0.1, 0.15) is 35.2 Å². The smallest absolute Gasteiger partial charge is 0.150 e. The summed E-state index contributed by atoms with van der Waals surface area (Å²) in [5.41, 5.74) is 9.57. The van der Waals surface area contributed by atoms with E-state index in [2.05, 4.69) is 33.6 Å². The molecule has 3 aromatic rings. The van der Waals surface area contributed by atoms with Crippen molar-refractivity contribution in [1.29, 1.82) is 0 Å². The molecule has 0 amide bonds. The summed E-state index contributed by atoms with van der Waals surface area (Å²) in [7, 11) is 0. The van der Waals surface area contributed by atoms with Gasteiger partial charge in [-0.1, -0.05) is 37.3 Å². The molecule has 0 aliphatic carbocycles. The molecule has 5 N–H and O–H groups in total. The van der Waals surface area contributed by atoms with Gasteiger partial charge in [-0.25, -0.2) is 9.97 Å². The van der Waals surface area contributed by atoms with E-state index in [1.807, 2.05) is 40.9 Å². The van der Waals surface area contributed by atoms with Crippen LogP contribution in [0.3, 0.4) is 0 Å². The van der Waals surface area contributed by atoms with Gasteiger partial charge < -0.3 is 16.2 Å². The number of hydrogen-bond acceptors (Lipinski definition) is 7. The van der Waals surface area contributed by atoms with Gasteiger partial charge in [0.15, 0.2) is 0 Å². The molecule has 3 unspecified atom stereocenters. The van der Waals surface area contributed by atoms with E-state index in [0.29, 0.717) is 5.82 Å². The highest BCUT2D eigenvalue weighted by Crippen LogP contribution is 2.32. The number of anilines is 1. The number of aliphatic hydroxyl groups excluding tert-OH is 1. The van der Waals surface area contributed by atoms with Gasteiger partial charge in [0.05, 0.1) is 6.04 Å². The summed E-state index contributed by atoms with van der Waals surface area (Å²) >= 11 is 0. The quantitative estimate of drug-likeness (QED) is 0.475. The lowest BCUT2D eigenvalue weighted by molar-refractivity contribution is 0.117. The van der Waals surface area contributed by atoms with Crippen LogP contribution in [0.25, 0.3) is 16.8 Å². The Morgan fingerprint density at radius 2 is 2.13 bits per heavy atom. The van der Waals surface area contributed by atoms with Crippen LogP contribution in [0.2, 0.25) is 0 Å². The standard InChI is InChI=1S/C23H27N7O/c1-14-4-2-11-27-21(14)29-23(31)16-8-6-15(7-9-16)18-19-20(24)26-12-13-30(19)22(28-18)17-5-3-10-25-17/h2,4,6-9,11-14,17,21,23,25,29,31H,3,5,10H2,1H3,(H2,24,26)/t14?,17-,21?,23?/m0/s1. The van der Waals surface area contributed by atoms with Crippen molar-refractivity contribution in [2.75, 3.05) is 12.3 Å². The van der Waals surface area contributed by atoms with Crippen molar-refractivity contribution in [1.82, 2.24) is 25.0 Å². The molecule has 5 rings (SSSR count). The Morgan fingerprint density at radius 3 is 2.87 bits per heavy atom. The van der Waals surface area contributed by atoms with Gasteiger partial charge in [-0.05, 0) is 31.0 Å². The third-order valence-electron chi connectivity index (χ3n) is 6.06. The topological polar surface area (TPSA) is 113 Å². The summed E-state index contributed by atoms with van der Waals surface area (Å²) in [6, 6.07) is 7.96. The fraction of sp³-hybridized carbons (Fsp3) is 0.348. The van der Waals surface area contributed by atoms with Crippen LogP contribution in [0, 0.1) is 5.92 Å². The third-order valence-corrected chi connectivity index (χ3v) is 6.06. The third kappa shape index (κ3) is 3.74. The van der Waals surface area contributed by atoms with E-state index in [-0.39, 0.29) is 18.1 Å². The van der Waals surface area contributed by atoms with Gasteiger partial charge in [0, 0.05) is 30.1 Å². The van der Waals surface area contributed by atoms with Gasteiger partial charge in [-0.2, -0.15) is 0 Å². The minimum Gasteiger partial charge on any atom is -0.382 e. The highest BCUT2D eigenvalue weighted by molar-refractivity contribution is 5.85. The molecule has 4 heterocycles. The summed E-state index contributed by atoms with van der Waals surface area (Å²) < 4.78 is 2.04. The number of aliphatic hydroxyl groups is 1. The number of nitrogen functional groups attached to an aromatic ring is 1. The molecule has 0 bridgehead atoms. The lowest BCUT2D eigenvalue weighted by Gasteiger charge is -2.24. The molecule has 8 heteroatoms. The van der Waals surface area contributed by atoms with E-state index in [0.717, 1.165) is 47.5 Å². The molecule has 31 heavy (non-hydrogen) atoms. The maximum atomic E-state index is 10.6. The number of dihydropyridines is 1. The molecule has 160 valence electrons. The molecule has 1 saturated heterocycles. The van der Waals surface area contributed by atoms with Crippen LogP contribution in [-0.4, -0.2) is 38.4 Å². The van der Waals surface area contributed by atoms with Crippen molar-refractivity contribution in [3.05, 3.63) is 60.2 Å². The van der Waals surface area contributed by atoms with Crippen molar-refractivity contribution in [2.45, 2.75) is 38.2 Å². The number of aromatic nitrogens is 3. The average Bonchev–Trinajstić information content (AvgIpc) is 3.44. The number of benzene rings is 1. The van der Waals surface area contributed by atoms with Gasteiger partial charge >= 0.3 is 0 Å². The Labute approximate surface area is 180 Å². The normalized spacial score (nSPS) is 24.1. The lowest BCUT2D eigenvalue weighted by atomic mass is 10.0. The SMILES string of the molecule is CC1C=CC=NC1NC(O)c1ccc(-c2nc([C@@H]3CCCN3)n3ccnc(N)c23)cc1. The number of aliphatic imine (C=N–C) groups is 1. The number of nitrogens with one attached hydrogen (secondary N) is 2. The van der Waals surface area contributed by atoms with Crippen LogP contribution in [-0.2, 0) is 0 Å². The van der Waals surface area contributed by atoms with Crippen LogP contribution in [0.1, 0.15) is 43.4 Å². The first-order chi connectivity index (χ1) is 15.1. The van der Waals surface area contributed by atoms with E-state index in [4.69, 9.17) is 10.7 Å². The zero-order chi connectivity index (χ0) is 21.4. The molecule has 2 aliphatic heterocycles. The summed E-state index contributed by atoms with van der Waals surface area (Å²) in [5.74, 6) is 1.63. The highest BCUT2D eigenvalue weighted by Gasteiger charge is 2.25. The molecule has 8 nitrogen and oxygen atoms in total. The highest BCUT2D eigenvalue weighted by atomic mass is 16.3. The monoisotopic (exact) mass is 417 g/mol. The number of nitrogens with two attached hydrogens (primary N) is 1. The first-order valence-electron chi connectivity index (χ1n) is 10.7. The Kier molecular flexibility index (Phi) is 5.27. The second-order valence-corrected chi connectivity index (χ2v) is 8.18. The number of fused-ring (bicyclic) bond motifs is 1. The predicted molar refractivity (Wildman–Crippen MR) is 121 cm³/mol. The van der Waals surface area contributed by atoms with Crippen molar-refractivity contribution >= 4 is 17.5 Å². The Morgan fingerprint density at radius 1 is 1.29 bits per heavy atom. The van der Waals surface area contributed by atoms with Crippen LogP contribution in [0.15, 0.2) is 53.8 Å². The number of allylic oxidation sites excluding steroid dienone is 1. The van der Waals surface area contributed by atoms with Gasteiger partial charge in [-0.15, -0.1) is 0 Å². The van der Waals surface area contributed by atoms with Crippen LogP contribution in [0.5, 0.6) is 0 Å². The Hall–Kier alpha value is -3.07. The molecule has 1 fully saturated rings. The Balaban J connectivity index is 1.44. The first-order valence-corrected chi connectivity index (χ1v) is 10.7. The van der Waals surface area contributed by atoms with Gasteiger partial charge in [0.25, 0.3) is 0 Å². The molecule has 2 aromatic heterocycles. The first kappa shape index (κ1) is 19.9. The largest absolute Gasteiger partial charge is 0.382 e. The summed E-state index contributed by atoms with van der Waals surface area (Å²) in [4.78, 5) is 13.6. The van der Waals surface area contributed by atoms with Crippen LogP contribution >= 0.6 is 0 Å². The van der Waals surface area contributed by atoms with Crippen molar-refractivity contribution in [2.24, 2.45) is 10.9 Å². The van der Waals surface area contributed by atoms with Crippen molar-refractivity contribution in [3.8, 4) is 11.3 Å². The van der Waals surface area contributed by atoms with Gasteiger partial charge in [-0.3, -0.25) is 14.7 Å². The number of nitrogens with zero attached hydrogens (tertiary/aromatic N) is 4. The summed E-state index contributed by atoms with van der Waals surface area (Å²) in [5, 5.41) is 17.3. The van der Waals surface area contributed by atoms with E-state index in [1.54, 1.807) is 12.4 Å². The van der Waals surface area contributed by atoms with Crippen molar-refractivity contribution in [3.63, 3.8) is 0 Å². The van der Waals surface area contributed by atoms with Crippen LogP contribution < -0.4 is 16.4 Å². The number of hydrogen-bond donors (Lipinski definition) is 4. The summed E-state index contributed by atoms with van der Waals surface area (Å²) in [6.07, 6.45) is 10.6. The summed E-state index contributed by atoms with van der Waals surface area (Å²) in [6.45, 7) is 3.06. The molecule has 1 aromatic carbocycles. The fourth-order valence-corrected chi connectivity index (χ4v) is 4.32. The second kappa shape index (κ2) is 8.22. The maximum absolute atomic E-state index is 10.6. The molecule has 2 aliphatic rings. The molecule has 0 radical (unpaired) electrons. The van der Waals surface area contributed by atoms with E-state index in [9.17, 15) is 5.11 Å². The fourth-order valence-electron chi connectivity index (χ4n) is 4.32. The minimum atomic E-state index is -0.811. The molecule has 0 spiro atoms. The molecule has 0 saturated carbocycles. The zero-order valence-electron chi connectivity index (χ0n) is 17.4. The van der Waals surface area contributed by atoms with E-state index in [1.165, 1.54) is 0 Å².